The molecule has 96 valence electrons. The maximum absolute atomic E-state index is 12.0. The maximum Gasteiger partial charge on any atom is 0.253 e. The largest absolute Gasteiger partial charge is 0.343 e. The number of benzene rings is 1. The lowest BCUT2D eigenvalue weighted by atomic mass is 10.1. The lowest BCUT2D eigenvalue weighted by Crippen LogP contribution is -2.37. The minimum atomic E-state index is -0.176. The molecule has 2 amide bonds. The third-order valence-electron chi connectivity index (χ3n) is 2.80. The van der Waals surface area contributed by atoms with Gasteiger partial charge in [-0.2, -0.15) is 11.8 Å². The fraction of sp³-hybridized carbons (Fsp3) is 0.385. The van der Waals surface area contributed by atoms with Crippen LogP contribution < -0.4 is 10.2 Å². The second kappa shape index (κ2) is 5.91. The van der Waals surface area contributed by atoms with Crippen molar-refractivity contribution in [2.75, 3.05) is 29.5 Å². The van der Waals surface area contributed by atoms with E-state index in [2.05, 4.69) is 12.2 Å². The first-order chi connectivity index (χ1) is 8.74. The van der Waals surface area contributed by atoms with Crippen LogP contribution in [0.4, 0.5) is 5.69 Å². The SMILES string of the molecule is CCSCCN1C(=O)CNC(=O)c2ccccc21. The molecule has 0 spiro atoms. The van der Waals surface area contributed by atoms with Crippen LogP contribution in [0.3, 0.4) is 0 Å². The summed E-state index contributed by atoms with van der Waals surface area (Å²) in [5.74, 6) is 1.68. The van der Waals surface area contributed by atoms with E-state index in [-0.39, 0.29) is 18.4 Å². The van der Waals surface area contributed by atoms with Gasteiger partial charge in [-0.1, -0.05) is 19.1 Å². The van der Waals surface area contributed by atoms with E-state index >= 15 is 0 Å². The predicted molar refractivity (Wildman–Crippen MR) is 74.1 cm³/mol. The molecule has 0 unspecified atom stereocenters. The molecule has 4 nitrogen and oxygen atoms in total. The standard InChI is InChI=1S/C13H16N2O2S/c1-2-18-8-7-15-11-6-4-3-5-10(11)13(17)14-9-12(15)16/h3-6H,2,7-9H2,1H3,(H,14,17). The number of amides is 2. The van der Waals surface area contributed by atoms with Crippen LogP contribution in [0.1, 0.15) is 17.3 Å². The molecular formula is C13H16N2O2S. The van der Waals surface area contributed by atoms with Gasteiger partial charge in [-0.15, -0.1) is 0 Å². The summed E-state index contributed by atoms with van der Waals surface area (Å²) in [6.45, 7) is 2.81. The Bertz CT molecular complexity index is 462. The number of carbonyl (C=O) groups excluding carboxylic acids is 2. The number of hydrogen-bond acceptors (Lipinski definition) is 3. The molecule has 1 heterocycles. The summed E-state index contributed by atoms with van der Waals surface area (Å²) in [5.41, 5.74) is 1.29. The molecule has 1 aliphatic rings. The summed E-state index contributed by atoms with van der Waals surface area (Å²) in [5, 5.41) is 2.63. The molecule has 0 bridgehead atoms. The highest BCUT2D eigenvalue weighted by atomic mass is 32.2. The highest BCUT2D eigenvalue weighted by Gasteiger charge is 2.25. The third kappa shape index (κ3) is 2.67. The van der Waals surface area contributed by atoms with E-state index in [9.17, 15) is 9.59 Å². The van der Waals surface area contributed by atoms with Crippen molar-refractivity contribution in [3.8, 4) is 0 Å². The molecule has 0 radical (unpaired) electrons. The fourth-order valence-corrected chi connectivity index (χ4v) is 2.53. The van der Waals surface area contributed by atoms with Crippen molar-refractivity contribution in [3.05, 3.63) is 29.8 Å². The molecule has 0 saturated heterocycles. The minimum Gasteiger partial charge on any atom is -0.343 e. The Hall–Kier alpha value is -1.49. The zero-order valence-corrected chi connectivity index (χ0v) is 11.1. The fourth-order valence-electron chi connectivity index (χ4n) is 1.93. The van der Waals surface area contributed by atoms with E-state index in [1.807, 2.05) is 18.2 Å². The van der Waals surface area contributed by atoms with Crippen LogP contribution in [0, 0.1) is 0 Å². The Balaban J connectivity index is 2.28. The van der Waals surface area contributed by atoms with Gasteiger partial charge >= 0.3 is 0 Å². The van der Waals surface area contributed by atoms with Crippen molar-refractivity contribution in [2.24, 2.45) is 0 Å². The second-order valence-electron chi connectivity index (χ2n) is 3.94. The second-order valence-corrected chi connectivity index (χ2v) is 5.34. The van der Waals surface area contributed by atoms with Crippen LogP contribution in [0.5, 0.6) is 0 Å². The lowest BCUT2D eigenvalue weighted by molar-refractivity contribution is -0.117. The van der Waals surface area contributed by atoms with Crippen LogP contribution in [-0.4, -0.2) is 36.4 Å². The molecule has 0 atom stereocenters. The molecular weight excluding hydrogens is 248 g/mol. The van der Waals surface area contributed by atoms with E-state index in [0.29, 0.717) is 17.8 Å². The molecule has 1 N–H and O–H groups in total. The van der Waals surface area contributed by atoms with Crippen molar-refractivity contribution in [1.29, 1.82) is 0 Å². The Morgan fingerprint density at radius 3 is 2.89 bits per heavy atom. The number of anilines is 1. The molecule has 0 fully saturated rings. The molecule has 0 aliphatic carbocycles. The molecule has 1 aromatic carbocycles. The number of hydrogen-bond donors (Lipinski definition) is 1. The topological polar surface area (TPSA) is 49.4 Å². The normalized spacial score (nSPS) is 15.1. The third-order valence-corrected chi connectivity index (χ3v) is 3.68. The van der Waals surface area contributed by atoms with Gasteiger partial charge in [-0.25, -0.2) is 0 Å². The molecule has 2 rings (SSSR count). The van der Waals surface area contributed by atoms with Crippen LogP contribution in [0.15, 0.2) is 24.3 Å². The van der Waals surface area contributed by atoms with Gasteiger partial charge in [0.15, 0.2) is 0 Å². The Morgan fingerprint density at radius 1 is 1.33 bits per heavy atom. The van der Waals surface area contributed by atoms with Crippen LogP contribution in [-0.2, 0) is 4.79 Å². The summed E-state index contributed by atoms with van der Waals surface area (Å²) >= 11 is 1.79. The molecule has 1 aliphatic heterocycles. The van der Waals surface area contributed by atoms with Gasteiger partial charge in [0.2, 0.25) is 5.91 Å². The maximum atomic E-state index is 12.0. The van der Waals surface area contributed by atoms with E-state index in [1.165, 1.54) is 0 Å². The van der Waals surface area contributed by atoms with Gasteiger partial charge in [0.25, 0.3) is 5.91 Å². The van der Waals surface area contributed by atoms with Gasteiger partial charge < -0.3 is 10.2 Å². The average molecular weight is 264 g/mol. The summed E-state index contributed by atoms with van der Waals surface area (Å²) in [6.07, 6.45) is 0. The van der Waals surface area contributed by atoms with Crippen molar-refractivity contribution >= 4 is 29.3 Å². The molecule has 0 saturated carbocycles. The average Bonchev–Trinajstić information content (AvgIpc) is 2.51. The summed E-state index contributed by atoms with van der Waals surface area (Å²) in [6, 6.07) is 7.25. The summed E-state index contributed by atoms with van der Waals surface area (Å²) in [4.78, 5) is 25.6. The van der Waals surface area contributed by atoms with Gasteiger partial charge in [-0.3, -0.25) is 9.59 Å². The van der Waals surface area contributed by atoms with Crippen molar-refractivity contribution < 1.29 is 9.59 Å². The Kier molecular flexibility index (Phi) is 4.25. The van der Waals surface area contributed by atoms with Crippen molar-refractivity contribution in [2.45, 2.75) is 6.92 Å². The minimum absolute atomic E-state index is 0.0509. The van der Waals surface area contributed by atoms with Gasteiger partial charge in [0.1, 0.15) is 0 Å². The number of thioether (sulfide) groups is 1. The van der Waals surface area contributed by atoms with E-state index in [4.69, 9.17) is 0 Å². The molecule has 5 heteroatoms. The lowest BCUT2D eigenvalue weighted by Gasteiger charge is -2.21. The highest BCUT2D eigenvalue weighted by Crippen LogP contribution is 2.22. The number of carbonyl (C=O) groups is 2. The van der Waals surface area contributed by atoms with Crippen molar-refractivity contribution in [1.82, 2.24) is 5.32 Å². The molecule has 0 aromatic heterocycles. The van der Waals surface area contributed by atoms with E-state index in [1.54, 1.807) is 22.7 Å². The number of nitrogens with one attached hydrogen (secondary N) is 1. The number of nitrogens with zero attached hydrogens (tertiary/aromatic N) is 1. The van der Waals surface area contributed by atoms with E-state index in [0.717, 1.165) is 11.5 Å². The quantitative estimate of drug-likeness (QED) is 0.839. The smallest absolute Gasteiger partial charge is 0.253 e. The van der Waals surface area contributed by atoms with Crippen LogP contribution in [0.2, 0.25) is 0 Å². The van der Waals surface area contributed by atoms with E-state index < -0.39 is 0 Å². The first-order valence-electron chi connectivity index (χ1n) is 5.99. The van der Waals surface area contributed by atoms with Gasteiger partial charge in [-0.05, 0) is 17.9 Å². The monoisotopic (exact) mass is 264 g/mol. The first-order valence-corrected chi connectivity index (χ1v) is 7.15. The van der Waals surface area contributed by atoms with Gasteiger partial charge in [0.05, 0.1) is 17.8 Å². The van der Waals surface area contributed by atoms with Gasteiger partial charge in [0, 0.05) is 12.3 Å². The predicted octanol–water partition coefficient (Wildman–Crippen LogP) is 1.52. The highest BCUT2D eigenvalue weighted by molar-refractivity contribution is 7.99. The zero-order valence-electron chi connectivity index (χ0n) is 10.3. The molecule has 1 aromatic rings. The number of fused-ring (bicyclic) bond motifs is 1. The zero-order chi connectivity index (χ0) is 13.0. The number of para-hydroxylation sites is 1. The summed E-state index contributed by atoms with van der Waals surface area (Å²) < 4.78 is 0. The van der Waals surface area contributed by atoms with Crippen molar-refractivity contribution in [3.63, 3.8) is 0 Å². The summed E-state index contributed by atoms with van der Waals surface area (Å²) in [7, 11) is 0. The Morgan fingerprint density at radius 2 is 2.11 bits per heavy atom. The number of rotatable bonds is 4. The van der Waals surface area contributed by atoms with Crippen LogP contribution in [0.25, 0.3) is 0 Å². The first kappa shape index (κ1) is 13.0. The Labute approximate surface area is 111 Å². The molecule has 18 heavy (non-hydrogen) atoms. The van der Waals surface area contributed by atoms with Crippen LogP contribution >= 0.6 is 11.8 Å².